The van der Waals surface area contributed by atoms with Gasteiger partial charge in [0.1, 0.15) is 5.82 Å². The van der Waals surface area contributed by atoms with E-state index >= 15 is 0 Å². The fourth-order valence-corrected chi connectivity index (χ4v) is 2.59. The Balaban J connectivity index is 1.89. The molecule has 1 saturated heterocycles. The summed E-state index contributed by atoms with van der Waals surface area (Å²) in [6.45, 7) is 5.61. The number of nitrogens with one attached hydrogen (secondary N) is 1. The third kappa shape index (κ3) is 3.19. The van der Waals surface area contributed by atoms with Crippen molar-refractivity contribution in [3.05, 3.63) is 23.9 Å². The van der Waals surface area contributed by atoms with Crippen molar-refractivity contribution < 1.29 is 0 Å². The molecule has 1 aliphatic heterocycles. The van der Waals surface area contributed by atoms with Crippen molar-refractivity contribution in [2.75, 3.05) is 31.6 Å². The van der Waals surface area contributed by atoms with Crippen LogP contribution in [0.2, 0.25) is 0 Å². The number of piperidine rings is 1. The molecule has 3 nitrogen and oxygen atoms in total. The number of rotatable bonds is 4. The Hall–Kier alpha value is -1.09. The quantitative estimate of drug-likeness (QED) is 0.864. The maximum absolute atomic E-state index is 4.50. The van der Waals surface area contributed by atoms with Gasteiger partial charge in [0, 0.05) is 19.3 Å². The summed E-state index contributed by atoms with van der Waals surface area (Å²) in [6, 6.07) is 4.16. The van der Waals surface area contributed by atoms with Crippen molar-refractivity contribution in [3.63, 3.8) is 0 Å². The van der Waals surface area contributed by atoms with E-state index in [4.69, 9.17) is 0 Å². The molecule has 0 radical (unpaired) electrons. The molecule has 3 heteroatoms. The van der Waals surface area contributed by atoms with Crippen LogP contribution in [0.4, 0.5) is 5.82 Å². The first-order valence-electron chi connectivity index (χ1n) is 6.62. The summed E-state index contributed by atoms with van der Waals surface area (Å²) in [6.07, 6.45) is 5.82. The van der Waals surface area contributed by atoms with E-state index in [-0.39, 0.29) is 0 Å². The molecule has 0 spiro atoms. The lowest BCUT2D eigenvalue weighted by molar-refractivity contribution is 0.377. The fraction of sp³-hybridized carbons (Fsp3) is 0.643. The second-order valence-electron chi connectivity index (χ2n) is 4.97. The van der Waals surface area contributed by atoms with Crippen molar-refractivity contribution >= 4 is 5.82 Å². The summed E-state index contributed by atoms with van der Waals surface area (Å²) in [5, 5.41) is 3.24. The number of nitrogens with zero attached hydrogens (tertiary/aromatic N) is 2. The van der Waals surface area contributed by atoms with Crippen LogP contribution in [-0.2, 0) is 0 Å². The number of pyridine rings is 1. The average molecular weight is 233 g/mol. The van der Waals surface area contributed by atoms with Gasteiger partial charge in [-0.3, -0.25) is 0 Å². The van der Waals surface area contributed by atoms with E-state index in [2.05, 4.69) is 28.2 Å². The molecule has 1 aliphatic rings. The molecule has 94 valence electrons. The third-order valence-electron chi connectivity index (χ3n) is 3.70. The topological polar surface area (TPSA) is 28.2 Å². The van der Waals surface area contributed by atoms with Gasteiger partial charge >= 0.3 is 0 Å². The summed E-state index contributed by atoms with van der Waals surface area (Å²) in [4.78, 5) is 6.94. The normalized spacial score (nSPS) is 17.4. The fourth-order valence-electron chi connectivity index (χ4n) is 2.59. The zero-order chi connectivity index (χ0) is 12.1. The highest BCUT2D eigenvalue weighted by atomic mass is 15.2. The highest BCUT2D eigenvalue weighted by Gasteiger charge is 2.20. The minimum Gasteiger partial charge on any atom is -0.356 e. The molecular weight excluding hydrogens is 210 g/mol. The Labute approximate surface area is 104 Å². The zero-order valence-corrected chi connectivity index (χ0v) is 10.9. The van der Waals surface area contributed by atoms with Crippen LogP contribution in [0.1, 0.15) is 24.8 Å². The molecule has 2 rings (SSSR count). The third-order valence-corrected chi connectivity index (χ3v) is 3.70. The van der Waals surface area contributed by atoms with E-state index in [1.807, 2.05) is 19.3 Å². The van der Waals surface area contributed by atoms with Crippen molar-refractivity contribution in [2.24, 2.45) is 5.92 Å². The molecule has 0 aromatic carbocycles. The molecule has 0 unspecified atom stereocenters. The summed E-state index contributed by atoms with van der Waals surface area (Å²) in [5.74, 6) is 2.07. The van der Waals surface area contributed by atoms with Crippen LogP contribution in [0.25, 0.3) is 0 Å². The second-order valence-corrected chi connectivity index (χ2v) is 4.97. The van der Waals surface area contributed by atoms with Crippen LogP contribution >= 0.6 is 0 Å². The summed E-state index contributed by atoms with van der Waals surface area (Å²) < 4.78 is 0. The van der Waals surface area contributed by atoms with E-state index in [0.29, 0.717) is 0 Å². The van der Waals surface area contributed by atoms with E-state index in [9.17, 15) is 0 Å². The molecule has 1 aromatic rings. The molecule has 0 amide bonds. The zero-order valence-electron chi connectivity index (χ0n) is 10.9. The first kappa shape index (κ1) is 12.4. The highest BCUT2D eigenvalue weighted by Crippen LogP contribution is 2.25. The number of aromatic nitrogens is 1. The SMILES string of the molecule is CNCCC1CCN(c2ncccc2C)CC1. The molecule has 1 aromatic heterocycles. The van der Waals surface area contributed by atoms with Crippen molar-refractivity contribution in [3.8, 4) is 0 Å². The molecule has 1 N–H and O–H groups in total. The molecule has 0 bridgehead atoms. The lowest BCUT2D eigenvalue weighted by atomic mass is 9.93. The molecule has 1 fully saturated rings. The number of aryl methyl sites for hydroxylation is 1. The van der Waals surface area contributed by atoms with Gasteiger partial charge in [-0.2, -0.15) is 0 Å². The Bertz CT molecular complexity index is 343. The van der Waals surface area contributed by atoms with Crippen LogP contribution in [0.5, 0.6) is 0 Å². The van der Waals surface area contributed by atoms with Crippen LogP contribution in [0, 0.1) is 12.8 Å². The highest BCUT2D eigenvalue weighted by molar-refractivity contribution is 5.46. The van der Waals surface area contributed by atoms with Gasteiger partial charge in [-0.15, -0.1) is 0 Å². The van der Waals surface area contributed by atoms with Gasteiger partial charge in [-0.1, -0.05) is 6.07 Å². The predicted octanol–water partition coefficient (Wildman–Crippen LogP) is 2.22. The van der Waals surface area contributed by atoms with Crippen molar-refractivity contribution in [1.82, 2.24) is 10.3 Å². The van der Waals surface area contributed by atoms with Gasteiger partial charge < -0.3 is 10.2 Å². The first-order valence-corrected chi connectivity index (χ1v) is 6.62. The van der Waals surface area contributed by atoms with E-state index in [0.717, 1.165) is 25.6 Å². The summed E-state index contributed by atoms with van der Waals surface area (Å²) in [7, 11) is 2.03. The van der Waals surface area contributed by atoms with Gasteiger partial charge in [-0.05, 0) is 57.3 Å². The molecular formula is C14H23N3. The minimum atomic E-state index is 0.891. The summed E-state index contributed by atoms with van der Waals surface area (Å²) >= 11 is 0. The van der Waals surface area contributed by atoms with Gasteiger partial charge in [-0.25, -0.2) is 4.98 Å². The van der Waals surface area contributed by atoms with E-state index in [1.165, 1.54) is 30.6 Å². The number of hydrogen-bond donors (Lipinski definition) is 1. The Morgan fingerprint density at radius 1 is 1.41 bits per heavy atom. The molecule has 2 heterocycles. The monoisotopic (exact) mass is 233 g/mol. The van der Waals surface area contributed by atoms with Gasteiger partial charge in [0.05, 0.1) is 0 Å². The van der Waals surface area contributed by atoms with Gasteiger partial charge in [0.25, 0.3) is 0 Å². The number of anilines is 1. The second kappa shape index (κ2) is 6.01. The first-order chi connectivity index (χ1) is 8.31. The largest absolute Gasteiger partial charge is 0.356 e. The maximum atomic E-state index is 4.50. The minimum absolute atomic E-state index is 0.891. The Morgan fingerprint density at radius 3 is 2.82 bits per heavy atom. The van der Waals surface area contributed by atoms with Crippen LogP contribution in [0.15, 0.2) is 18.3 Å². The molecule has 0 atom stereocenters. The van der Waals surface area contributed by atoms with E-state index in [1.54, 1.807) is 0 Å². The molecule has 0 saturated carbocycles. The average Bonchev–Trinajstić information content (AvgIpc) is 2.38. The van der Waals surface area contributed by atoms with Gasteiger partial charge in [0.2, 0.25) is 0 Å². The lowest BCUT2D eigenvalue weighted by Crippen LogP contribution is -2.35. The smallest absolute Gasteiger partial charge is 0.131 e. The van der Waals surface area contributed by atoms with Crippen LogP contribution in [-0.4, -0.2) is 31.7 Å². The molecule has 17 heavy (non-hydrogen) atoms. The van der Waals surface area contributed by atoms with Crippen molar-refractivity contribution in [2.45, 2.75) is 26.2 Å². The maximum Gasteiger partial charge on any atom is 0.131 e. The van der Waals surface area contributed by atoms with Gasteiger partial charge in [0.15, 0.2) is 0 Å². The summed E-state index contributed by atoms with van der Waals surface area (Å²) in [5.41, 5.74) is 1.29. The Morgan fingerprint density at radius 2 is 2.18 bits per heavy atom. The Kier molecular flexibility index (Phi) is 4.37. The van der Waals surface area contributed by atoms with Crippen LogP contribution in [0.3, 0.4) is 0 Å². The molecule has 0 aliphatic carbocycles. The predicted molar refractivity (Wildman–Crippen MR) is 72.5 cm³/mol. The number of hydrogen-bond acceptors (Lipinski definition) is 3. The van der Waals surface area contributed by atoms with Crippen molar-refractivity contribution in [1.29, 1.82) is 0 Å². The van der Waals surface area contributed by atoms with Crippen LogP contribution < -0.4 is 10.2 Å². The lowest BCUT2D eigenvalue weighted by Gasteiger charge is -2.33. The standard InChI is InChI=1S/C14H23N3/c1-12-4-3-8-16-14(12)17-10-6-13(7-11-17)5-9-15-2/h3-4,8,13,15H,5-7,9-11H2,1-2H3. The van der Waals surface area contributed by atoms with E-state index < -0.39 is 0 Å².